The van der Waals surface area contributed by atoms with Crippen molar-refractivity contribution >= 4 is 88.9 Å². The number of hydrogen-bond donors (Lipinski definition) is 0. The van der Waals surface area contributed by atoms with Crippen molar-refractivity contribution in [2.24, 2.45) is 0 Å². The van der Waals surface area contributed by atoms with Crippen LogP contribution < -0.4 is 9.80 Å². The molecule has 11 aromatic carbocycles. The Balaban J connectivity index is 0.853. The van der Waals surface area contributed by atoms with Crippen LogP contribution in [-0.2, 0) is 0 Å². The first-order chi connectivity index (χ1) is 36.7. The maximum absolute atomic E-state index is 6.30. The monoisotopic (exact) mass is 950 g/mol. The van der Waals surface area contributed by atoms with Gasteiger partial charge >= 0.3 is 0 Å². The molecule has 0 bridgehead atoms. The summed E-state index contributed by atoms with van der Waals surface area (Å²) in [6.07, 6.45) is 0. The van der Waals surface area contributed by atoms with Crippen LogP contribution in [0.15, 0.2) is 264 Å². The lowest BCUT2D eigenvalue weighted by Crippen LogP contribution is -2.10. The van der Waals surface area contributed by atoms with Gasteiger partial charge in [-0.2, -0.15) is 0 Å². The first-order valence-electron chi connectivity index (χ1n) is 24.6. The van der Waals surface area contributed by atoms with Gasteiger partial charge in [-0.25, -0.2) is 19.9 Å². The Morgan fingerprint density at radius 2 is 0.595 bits per heavy atom. The van der Waals surface area contributed by atoms with Gasteiger partial charge in [0.15, 0.2) is 11.2 Å². The van der Waals surface area contributed by atoms with E-state index in [0.717, 1.165) is 123 Å². The minimum atomic E-state index is 0.594. The molecule has 0 saturated carbocycles. The second-order valence-electron chi connectivity index (χ2n) is 18.2. The van der Waals surface area contributed by atoms with Gasteiger partial charge in [0.2, 0.25) is 11.8 Å². The summed E-state index contributed by atoms with van der Waals surface area (Å²) in [4.78, 5) is 25.0. The Bertz CT molecular complexity index is 4030. The van der Waals surface area contributed by atoms with Crippen molar-refractivity contribution in [3.8, 4) is 45.4 Å². The van der Waals surface area contributed by atoms with Crippen molar-refractivity contribution in [2.45, 2.75) is 0 Å². The highest BCUT2D eigenvalue weighted by molar-refractivity contribution is 6.07. The largest absolute Gasteiger partial charge is 0.436 e. The van der Waals surface area contributed by atoms with Gasteiger partial charge in [-0.3, -0.25) is 0 Å². The van der Waals surface area contributed by atoms with Gasteiger partial charge in [0.05, 0.1) is 33.8 Å². The molecule has 0 spiro atoms. The molecule has 0 N–H and O–H groups in total. The average Bonchev–Trinajstić information content (AvgIpc) is 4.12. The number of rotatable bonds is 10. The number of nitrogens with zero attached hydrogens (tertiary/aromatic N) is 6. The summed E-state index contributed by atoms with van der Waals surface area (Å²) in [5.74, 6) is 1.19. The molecule has 0 atom stereocenters. The summed E-state index contributed by atoms with van der Waals surface area (Å²) >= 11 is 0. The first-order valence-corrected chi connectivity index (χ1v) is 24.6. The number of oxazole rings is 2. The summed E-state index contributed by atoms with van der Waals surface area (Å²) in [6.45, 7) is 0. The van der Waals surface area contributed by atoms with E-state index in [0.29, 0.717) is 11.8 Å². The SMILES string of the molecule is c1ccc(N(c2ccc(-c3nc4ccccc4nc3-c3ccc(N(c4ccccc4)c4ccc(-c5nc6ccccc6o5)c5ccccc45)cc3)cc2)c2ccc(-c3nc4ccccc4o3)c3ccccc23)cc1. The lowest BCUT2D eigenvalue weighted by molar-refractivity contribution is 0.620. The minimum absolute atomic E-state index is 0.594. The predicted molar refractivity (Wildman–Crippen MR) is 301 cm³/mol. The smallest absolute Gasteiger partial charge is 0.227 e. The zero-order chi connectivity index (χ0) is 49.0. The van der Waals surface area contributed by atoms with Crippen molar-refractivity contribution in [1.29, 1.82) is 0 Å². The standard InChI is InChI=1S/C66H42N6O2/c1-3-17-45(18-4-1)71(59-41-39-53(49-21-7-9-23-51(49)59)65-69-57-27-13-15-29-61(57)73-65)47-35-31-43(32-36-47)63-64(68-56-26-12-11-25-55(56)67-63)44-33-37-48(38-34-44)72(46-19-5-2-6-20-46)60-42-40-54(50-22-8-10-24-52(50)60)66-70-58-28-14-16-30-62(58)74-66/h1-42H. The highest BCUT2D eigenvalue weighted by Gasteiger charge is 2.23. The van der Waals surface area contributed by atoms with Crippen molar-refractivity contribution in [1.82, 2.24) is 19.9 Å². The fourth-order valence-corrected chi connectivity index (χ4v) is 10.3. The fraction of sp³-hybridized carbons (Fsp3) is 0. The average molecular weight is 951 g/mol. The molecule has 14 rings (SSSR count). The van der Waals surface area contributed by atoms with Gasteiger partial charge < -0.3 is 18.6 Å². The van der Waals surface area contributed by atoms with Gasteiger partial charge in [-0.1, -0.05) is 146 Å². The highest BCUT2D eigenvalue weighted by atomic mass is 16.4. The molecule has 0 amide bonds. The maximum atomic E-state index is 6.30. The van der Waals surface area contributed by atoms with E-state index in [2.05, 4.69) is 180 Å². The summed E-state index contributed by atoms with van der Waals surface area (Å²) in [7, 11) is 0. The van der Waals surface area contributed by atoms with E-state index in [1.54, 1.807) is 0 Å². The number of benzene rings is 11. The molecule has 0 aliphatic carbocycles. The van der Waals surface area contributed by atoms with Gasteiger partial charge in [0, 0.05) is 55.8 Å². The Morgan fingerprint density at radius 3 is 1.00 bits per heavy atom. The molecule has 0 radical (unpaired) electrons. The van der Waals surface area contributed by atoms with Crippen LogP contribution in [0.3, 0.4) is 0 Å². The summed E-state index contributed by atoms with van der Waals surface area (Å²) in [5.41, 5.74) is 16.3. The number of hydrogen-bond acceptors (Lipinski definition) is 8. The Kier molecular flexibility index (Phi) is 10.3. The van der Waals surface area contributed by atoms with Crippen LogP contribution in [0.4, 0.5) is 34.1 Å². The molecule has 0 fully saturated rings. The third-order valence-electron chi connectivity index (χ3n) is 13.7. The van der Waals surface area contributed by atoms with E-state index in [9.17, 15) is 0 Å². The van der Waals surface area contributed by atoms with Gasteiger partial charge in [0.25, 0.3) is 0 Å². The first kappa shape index (κ1) is 42.7. The Morgan fingerprint density at radius 1 is 0.257 bits per heavy atom. The number of para-hydroxylation sites is 8. The molecule has 74 heavy (non-hydrogen) atoms. The van der Waals surface area contributed by atoms with Crippen LogP contribution in [-0.4, -0.2) is 19.9 Å². The molecule has 0 aliphatic rings. The maximum Gasteiger partial charge on any atom is 0.227 e. The molecular weight excluding hydrogens is 909 g/mol. The fourth-order valence-electron chi connectivity index (χ4n) is 10.3. The number of aromatic nitrogens is 4. The quantitative estimate of drug-likeness (QED) is 0.134. The third kappa shape index (κ3) is 7.48. The zero-order valence-corrected chi connectivity index (χ0v) is 39.7. The third-order valence-corrected chi connectivity index (χ3v) is 13.7. The molecule has 8 nitrogen and oxygen atoms in total. The summed E-state index contributed by atoms with van der Waals surface area (Å²) in [6, 6.07) is 87.6. The van der Waals surface area contributed by atoms with Gasteiger partial charge in [0.1, 0.15) is 11.0 Å². The van der Waals surface area contributed by atoms with Crippen molar-refractivity contribution < 1.29 is 8.83 Å². The molecule has 3 heterocycles. The molecule has 3 aromatic heterocycles. The van der Waals surface area contributed by atoms with Crippen LogP contribution in [0.2, 0.25) is 0 Å². The van der Waals surface area contributed by atoms with Gasteiger partial charge in [-0.15, -0.1) is 0 Å². The topological polar surface area (TPSA) is 84.3 Å². The van der Waals surface area contributed by atoms with Crippen LogP contribution in [0.1, 0.15) is 0 Å². The second kappa shape index (κ2) is 17.9. The molecule has 0 unspecified atom stereocenters. The molecule has 348 valence electrons. The second-order valence-corrected chi connectivity index (χ2v) is 18.2. The van der Waals surface area contributed by atoms with Crippen LogP contribution in [0.25, 0.3) is 100 Å². The van der Waals surface area contributed by atoms with E-state index in [1.165, 1.54) is 0 Å². The van der Waals surface area contributed by atoms with E-state index >= 15 is 0 Å². The lowest BCUT2D eigenvalue weighted by atomic mass is 9.99. The van der Waals surface area contributed by atoms with Crippen LogP contribution >= 0.6 is 0 Å². The molecule has 8 heteroatoms. The van der Waals surface area contributed by atoms with E-state index in [-0.39, 0.29) is 0 Å². The van der Waals surface area contributed by atoms with Crippen molar-refractivity contribution in [2.75, 3.05) is 9.80 Å². The van der Waals surface area contributed by atoms with Crippen LogP contribution in [0, 0.1) is 0 Å². The highest BCUT2D eigenvalue weighted by Crippen LogP contribution is 2.45. The predicted octanol–water partition coefficient (Wildman–Crippen LogP) is 17.8. The van der Waals surface area contributed by atoms with E-state index < -0.39 is 0 Å². The molecule has 0 aliphatic heterocycles. The summed E-state index contributed by atoms with van der Waals surface area (Å²) < 4.78 is 12.6. The van der Waals surface area contributed by atoms with Gasteiger partial charge in [-0.05, 0) is 120 Å². The van der Waals surface area contributed by atoms with E-state index in [1.807, 2.05) is 84.9 Å². The Labute approximate surface area is 425 Å². The minimum Gasteiger partial charge on any atom is -0.436 e. The van der Waals surface area contributed by atoms with Crippen molar-refractivity contribution in [3.05, 3.63) is 255 Å². The molecule has 0 saturated heterocycles. The van der Waals surface area contributed by atoms with E-state index in [4.69, 9.17) is 28.8 Å². The normalized spacial score (nSPS) is 11.5. The summed E-state index contributed by atoms with van der Waals surface area (Å²) in [5, 5.41) is 4.24. The number of anilines is 6. The molecule has 14 aromatic rings. The van der Waals surface area contributed by atoms with Crippen molar-refractivity contribution in [3.63, 3.8) is 0 Å². The van der Waals surface area contributed by atoms with Crippen LogP contribution in [0.5, 0.6) is 0 Å². The Hall–Kier alpha value is -10.2. The number of fused-ring (bicyclic) bond motifs is 5. The lowest BCUT2D eigenvalue weighted by Gasteiger charge is -2.27. The zero-order valence-electron chi connectivity index (χ0n) is 39.7. The molecular formula is C66H42N6O2.